The van der Waals surface area contributed by atoms with Crippen LogP contribution in [0.4, 0.5) is 0 Å². The Morgan fingerprint density at radius 2 is 1.94 bits per heavy atom. The van der Waals surface area contributed by atoms with Gasteiger partial charge in [-0.1, -0.05) is 51.1 Å². The van der Waals surface area contributed by atoms with Gasteiger partial charge in [0.1, 0.15) is 18.2 Å². The van der Waals surface area contributed by atoms with Crippen molar-refractivity contribution < 1.29 is 4.74 Å². The molecule has 0 saturated carbocycles. The van der Waals surface area contributed by atoms with Crippen molar-refractivity contribution in [2.75, 3.05) is 6.54 Å². The number of fused-ring (bicyclic) bond motifs is 2. The minimum absolute atomic E-state index is 0.0374. The molecule has 1 aliphatic heterocycles. The predicted molar refractivity (Wildman–Crippen MR) is 128 cm³/mol. The second-order valence-corrected chi connectivity index (χ2v) is 9.67. The summed E-state index contributed by atoms with van der Waals surface area (Å²) >= 11 is 0. The van der Waals surface area contributed by atoms with Gasteiger partial charge in [-0.25, -0.2) is 9.97 Å². The molecule has 0 unspecified atom stereocenters. The quantitative estimate of drug-likeness (QED) is 0.465. The summed E-state index contributed by atoms with van der Waals surface area (Å²) in [6, 6.07) is 16.6. The Kier molecular flexibility index (Phi) is 5.43. The Morgan fingerprint density at radius 3 is 2.75 bits per heavy atom. The fourth-order valence-electron chi connectivity index (χ4n) is 4.21. The predicted octanol–water partition coefficient (Wildman–Crippen LogP) is 5.39. The maximum absolute atomic E-state index is 6.06. The molecule has 5 heteroatoms. The number of hydrogen-bond acceptors (Lipinski definition) is 4. The van der Waals surface area contributed by atoms with Gasteiger partial charge >= 0.3 is 0 Å². The highest BCUT2D eigenvalue weighted by atomic mass is 16.5. The van der Waals surface area contributed by atoms with Crippen molar-refractivity contribution in [2.24, 2.45) is 0 Å². The molecule has 0 fully saturated rings. The van der Waals surface area contributed by atoms with Gasteiger partial charge in [-0.05, 0) is 41.3 Å². The van der Waals surface area contributed by atoms with Crippen LogP contribution in [-0.4, -0.2) is 26.4 Å². The van der Waals surface area contributed by atoms with Gasteiger partial charge in [0, 0.05) is 48.3 Å². The van der Waals surface area contributed by atoms with Crippen molar-refractivity contribution in [3.05, 3.63) is 89.1 Å². The van der Waals surface area contributed by atoms with Crippen LogP contribution in [0.1, 0.15) is 49.0 Å². The van der Waals surface area contributed by atoms with Crippen LogP contribution in [0.5, 0.6) is 5.75 Å². The lowest BCUT2D eigenvalue weighted by Gasteiger charge is -2.29. The van der Waals surface area contributed by atoms with Crippen LogP contribution < -0.4 is 4.74 Å². The summed E-state index contributed by atoms with van der Waals surface area (Å²) in [5, 5.41) is 1.22. The Bertz CT molecular complexity index is 1220. The molecule has 0 radical (unpaired) electrons. The highest BCUT2D eigenvalue weighted by Crippen LogP contribution is 2.28. The maximum Gasteiger partial charge on any atom is 0.133 e. The van der Waals surface area contributed by atoms with E-state index in [0.29, 0.717) is 6.61 Å². The molecule has 0 bridgehead atoms. The zero-order valence-electron chi connectivity index (χ0n) is 19.1. The van der Waals surface area contributed by atoms with Crippen LogP contribution in [0.3, 0.4) is 0 Å². The first-order chi connectivity index (χ1) is 15.5. The molecule has 5 rings (SSSR count). The van der Waals surface area contributed by atoms with Crippen molar-refractivity contribution >= 4 is 10.9 Å². The third-order valence-electron chi connectivity index (χ3n) is 6.08. The lowest BCUT2D eigenvalue weighted by atomic mass is 9.95. The van der Waals surface area contributed by atoms with E-state index in [2.05, 4.69) is 66.1 Å². The summed E-state index contributed by atoms with van der Waals surface area (Å²) in [5.74, 6) is 1.82. The average Bonchev–Trinajstić information content (AvgIpc) is 3.19. The van der Waals surface area contributed by atoms with E-state index in [0.717, 1.165) is 43.1 Å². The fourth-order valence-corrected chi connectivity index (χ4v) is 4.21. The highest BCUT2D eigenvalue weighted by Gasteiger charge is 2.23. The number of nitrogens with one attached hydrogen (secondary N) is 1. The number of H-pyrrole nitrogens is 1. The number of hydrogen-bond donors (Lipinski definition) is 1. The van der Waals surface area contributed by atoms with E-state index < -0.39 is 0 Å². The summed E-state index contributed by atoms with van der Waals surface area (Å²) in [6.45, 7) is 9.83. The molecule has 2 aromatic carbocycles. The zero-order valence-corrected chi connectivity index (χ0v) is 19.1. The summed E-state index contributed by atoms with van der Waals surface area (Å²) in [6.07, 6.45) is 5.15. The Balaban J connectivity index is 1.32. The van der Waals surface area contributed by atoms with Crippen molar-refractivity contribution in [2.45, 2.75) is 52.3 Å². The number of ether oxygens (including phenoxy) is 1. The van der Waals surface area contributed by atoms with Gasteiger partial charge in [-0.15, -0.1) is 0 Å². The molecule has 5 nitrogen and oxygen atoms in total. The molecule has 1 aliphatic rings. The van der Waals surface area contributed by atoms with Crippen molar-refractivity contribution in [3.63, 3.8) is 0 Å². The van der Waals surface area contributed by atoms with Gasteiger partial charge < -0.3 is 9.72 Å². The average molecular weight is 427 g/mol. The lowest BCUT2D eigenvalue weighted by molar-refractivity contribution is 0.241. The number of nitrogens with zero attached hydrogens (tertiary/aromatic N) is 3. The minimum Gasteiger partial charge on any atom is -0.489 e. The molecule has 0 saturated heterocycles. The standard InChI is InChI=1S/C27H30N4O/c1-27(2,3)26-29-14-20-11-12-31(17-25(20)30-26)16-21-15-28-24-10-9-22(13-23(21)24)32-18-19-7-5-4-6-8-19/h4-10,13-15,28H,11-12,16-18H2,1-3H3. The monoisotopic (exact) mass is 426 g/mol. The van der Waals surface area contributed by atoms with E-state index in [1.165, 1.54) is 27.8 Å². The van der Waals surface area contributed by atoms with Crippen LogP contribution in [0.15, 0.2) is 60.9 Å². The molecule has 1 N–H and O–H groups in total. The van der Waals surface area contributed by atoms with E-state index in [1.54, 1.807) is 0 Å². The van der Waals surface area contributed by atoms with E-state index >= 15 is 0 Å². The molecule has 0 atom stereocenters. The molecule has 3 heterocycles. The second kappa shape index (κ2) is 8.40. The molecule has 0 amide bonds. The number of benzene rings is 2. The molecular weight excluding hydrogens is 396 g/mol. The smallest absolute Gasteiger partial charge is 0.133 e. The molecular formula is C27H30N4O. The number of rotatable bonds is 5. The Hall–Kier alpha value is -3.18. The van der Waals surface area contributed by atoms with Crippen LogP contribution >= 0.6 is 0 Å². The molecule has 32 heavy (non-hydrogen) atoms. The number of aromatic amines is 1. The van der Waals surface area contributed by atoms with Gasteiger partial charge in [-0.3, -0.25) is 4.90 Å². The first-order valence-electron chi connectivity index (χ1n) is 11.3. The summed E-state index contributed by atoms with van der Waals surface area (Å²) < 4.78 is 6.06. The van der Waals surface area contributed by atoms with E-state index in [4.69, 9.17) is 9.72 Å². The van der Waals surface area contributed by atoms with Gasteiger partial charge in [0.2, 0.25) is 0 Å². The molecule has 0 spiro atoms. The summed E-state index contributed by atoms with van der Waals surface area (Å²) in [7, 11) is 0. The van der Waals surface area contributed by atoms with Crippen molar-refractivity contribution in [3.8, 4) is 5.75 Å². The zero-order chi connectivity index (χ0) is 22.1. The third kappa shape index (κ3) is 4.39. The van der Waals surface area contributed by atoms with Gasteiger partial charge in [0.15, 0.2) is 0 Å². The van der Waals surface area contributed by atoms with Gasteiger partial charge in [-0.2, -0.15) is 0 Å². The Morgan fingerprint density at radius 1 is 1.09 bits per heavy atom. The minimum atomic E-state index is -0.0374. The third-order valence-corrected chi connectivity index (χ3v) is 6.08. The fraction of sp³-hybridized carbons (Fsp3) is 0.333. The summed E-state index contributed by atoms with van der Waals surface area (Å²) in [5.41, 5.74) is 6.02. The van der Waals surface area contributed by atoms with Crippen LogP contribution in [0.25, 0.3) is 10.9 Å². The SMILES string of the molecule is CC(C)(C)c1ncc2c(n1)CN(Cc1c[nH]c3ccc(OCc4ccccc4)cc13)CC2. The first-order valence-corrected chi connectivity index (χ1v) is 11.3. The van der Waals surface area contributed by atoms with Crippen molar-refractivity contribution in [1.29, 1.82) is 0 Å². The van der Waals surface area contributed by atoms with Crippen LogP contribution in [0, 0.1) is 0 Å². The van der Waals surface area contributed by atoms with Gasteiger partial charge in [0.05, 0.1) is 5.69 Å². The normalized spacial score (nSPS) is 14.5. The van der Waals surface area contributed by atoms with E-state index in [-0.39, 0.29) is 5.41 Å². The van der Waals surface area contributed by atoms with Gasteiger partial charge in [0.25, 0.3) is 0 Å². The maximum atomic E-state index is 6.06. The summed E-state index contributed by atoms with van der Waals surface area (Å²) in [4.78, 5) is 15.4. The first kappa shape index (κ1) is 20.7. The topological polar surface area (TPSA) is 54.0 Å². The second-order valence-electron chi connectivity index (χ2n) is 9.67. The molecule has 164 valence electrons. The lowest BCUT2D eigenvalue weighted by Crippen LogP contribution is -2.32. The molecule has 4 aromatic rings. The van der Waals surface area contributed by atoms with Crippen LogP contribution in [0.2, 0.25) is 0 Å². The largest absolute Gasteiger partial charge is 0.489 e. The molecule has 2 aromatic heterocycles. The van der Waals surface area contributed by atoms with E-state index in [9.17, 15) is 0 Å². The number of aromatic nitrogens is 3. The van der Waals surface area contributed by atoms with Crippen LogP contribution in [-0.2, 0) is 31.5 Å². The molecule has 0 aliphatic carbocycles. The Labute approximate surface area is 189 Å². The highest BCUT2D eigenvalue weighted by molar-refractivity contribution is 5.84. The van der Waals surface area contributed by atoms with E-state index in [1.807, 2.05) is 30.5 Å². The van der Waals surface area contributed by atoms with Crippen molar-refractivity contribution in [1.82, 2.24) is 19.9 Å².